The Morgan fingerprint density at radius 3 is 2.40 bits per heavy atom. The fraction of sp³-hybridized carbons (Fsp3) is 0.500. The number of thioether (sulfide) groups is 1. The summed E-state index contributed by atoms with van der Waals surface area (Å²) in [6.07, 6.45) is -2.38. The molecule has 0 aliphatic carbocycles. The summed E-state index contributed by atoms with van der Waals surface area (Å²) in [4.78, 5) is 0. The monoisotopic (exact) mass is 169 g/mol. The molecule has 0 rings (SSSR count). The van der Waals surface area contributed by atoms with Gasteiger partial charge in [-0.25, -0.2) is 4.39 Å². The Labute approximate surface area is 62.5 Å². The lowest BCUT2D eigenvalue weighted by Gasteiger charge is -1.93. The molecule has 0 unspecified atom stereocenters. The normalized spacial score (nSPS) is 9.60. The predicted molar refractivity (Wildman–Crippen MR) is 37.4 cm³/mol. The zero-order chi connectivity index (χ0) is 7.98. The van der Waals surface area contributed by atoms with Crippen LogP contribution in [0.3, 0.4) is 0 Å². The van der Waals surface area contributed by atoms with Crippen molar-refractivity contribution >= 4 is 11.8 Å². The van der Waals surface area contributed by atoms with Gasteiger partial charge in [0.2, 0.25) is 0 Å². The van der Waals surface area contributed by atoms with Crippen LogP contribution in [0.4, 0.5) is 13.2 Å². The molecule has 0 heterocycles. The maximum Gasteiger partial charge on any atom is 0.301 e. The molecule has 59 valence electrons. The van der Waals surface area contributed by atoms with Gasteiger partial charge >= 0.3 is 6.08 Å². The van der Waals surface area contributed by atoms with Gasteiger partial charge in [0.1, 0.15) is 0 Å². The van der Waals surface area contributed by atoms with Crippen LogP contribution in [0.2, 0.25) is 0 Å². The van der Waals surface area contributed by atoms with E-state index in [1.807, 2.05) is 0 Å². The lowest BCUT2D eigenvalue weighted by atomic mass is 10.4. The van der Waals surface area contributed by atoms with E-state index in [9.17, 15) is 13.2 Å². The summed E-state index contributed by atoms with van der Waals surface area (Å²) < 4.78 is 34.6. The molecule has 0 fully saturated rings. The molecule has 0 atom stereocenters. The molecule has 0 aromatic carbocycles. The lowest BCUT2D eigenvalue weighted by molar-refractivity contribution is 0.373. The summed E-state index contributed by atoms with van der Waals surface area (Å²) in [5.41, 5.74) is 0. The Bertz CT molecular complexity index is 118. The third-order valence-corrected chi connectivity index (χ3v) is 1.58. The zero-order valence-corrected chi connectivity index (χ0v) is 6.35. The standard InChI is InChI=1S/C6H8F3S/c1-2-10-4-3-5(7)6(8)9/h2H,3-4H2,1H3. The average molecular weight is 169 g/mol. The molecular weight excluding hydrogens is 161 g/mol. The van der Waals surface area contributed by atoms with E-state index in [4.69, 9.17) is 0 Å². The SMILES string of the molecule is C[CH]SCCC(F)=C(F)F. The van der Waals surface area contributed by atoms with Crippen LogP contribution in [-0.2, 0) is 0 Å². The first-order valence-corrected chi connectivity index (χ1v) is 3.82. The van der Waals surface area contributed by atoms with E-state index in [0.29, 0.717) is 5.75 Å². The molecular formula is C6H8F3S. The molecule has 0 nitrogen and oxygen atoms in total. The number of allylic oxidation sites excluding steroid dienone is 1. The highest BCUT2D eigenvalue weighted by atomic mass is 32.2. The van der Waals surface area contributed by atoms with Crippen LogP contribution >= 0.6 is 11.8 Å². The van der Waals surface area contributed by atoms with Crippen LogP contribution in [0.25, 0.3) is 0 Å². The van der Waals surface area contributed by atoms with E-state index < -0.39 is 11.9 Å². The molecule has 0 aromatic rings. The van der Waals surface area contributed by atoms with Crippen LogP contribution in [0.5, 0.6) is 0 Å². The minimum atomic E-state index is -2.20. The number of hydrogen-bond donors (Lipinski definition) is 0. The first-order chi connectivity index (χ1) is 4.68. The van der Waals surface area contributed by atoms with Crippen LogP contribution < -0.4 is 0 Å². The predicted octanol–water partition coefficient (Wildman–Crippen LogP) is 3.37. The van der Waals surface area contributed by atoms with E-state index in [-0.39, 0.29) is 6.42 Å². The van der Waals surface area contributed by atoms with Crippen molar-refractivity contribution in [1.29, 1.82) is 0 Å². The Balaban J connectivity index is 3.40. The van der Waals surface area contributed by atoms with Crippen molar-refractivity contribution in [2.45, 2.75) is 13.3 Å². The molecule has 0 saturated heterocycles. The Kier molecular flexibility index (Phi) is 5.58. The summed E-state index contributed by atoms with van der Waals surface area (Å²) in [5, 5.41) is 0. The Morgan fingerprint density at radius 2 is 2.00 bits per heavy atom. The average Bonchev–Trinajstić information content (AvgIpc) is 1.88. The molecule has 0 aromatic heterocycles. The quantitative estimate of drug-likeness (QED) is 0.581. The molecule has 0 aliphatic heterocycles. The van der Waals surface area contributed by atoms with E-state index in [1.165, 1.54) is 11.8 Å². The number of rotatable bonds is 4. The highest BCUT2D eigenvalue weighted by Crippen LogP contribution is 2.16. The fourth-order valence-electron chi connectivity index (χ4n) is 0.361. The topological polar surface area (TPSA) is 0 Å². The van der Waals surface area contributed by atoms with Crippen molar-refractivity contribution in [3.05, 3.63) is 17.7 Å². The van der Waals surface area contributed by atoms with E-state index in [2.05, 4.69) is 0 Å². The maximum absolute atomic E-state index is 12.0. The Hall–Kier alpha value is -0.120. The second-order valence-corrected chi connectivity index (χ2v) is 2.73. The van der Waals surface area contributed by atoms with E-state index in [1.54, 1.807) is 12.7 Å². The second-order valence-electron chi connectivity index (χ2n) is 1.52. The smallest absolute Gasteiger partial charge is 0.206 e. The van der Waals surface area contributed by atoms with Crippen molar-refractivity contribution in [3.63, 3.8) is 0 Å². The fourth-order valence-corrected chi connectivity index (χ4v) is 0.894. The van der Waals surface area contributed by atoms with Gasteiger partial charge < -0.3 is 0 Å². The van der Waals surface area contributed by atoms with Crippen molar-refractivity contribution in [3.8, 4) is 0 Å². The van der Waals surface area contributed by atoms with Gasteiger partial charge in [-0.3, -0.25) is 0 Å². The minimum absolute atomic E-state index is 0.183. The van der Waals surface area contributed by atoms with Crippen LogP contribution in [0, 0.1) is 5.75 Å². The lowest BCUT2D eigenvalue weighted by Crippen LogP contribution is -1.80. The van der Waals surface area contributed by atoms with E-state index in [0.717, 1.165) is 0 Å². The van der Waals surface area contributed by atoms with Crippen LogP contribution in [0.15, 0.2) is 11.9 Å². The first-order valence-electron chi connectivity index (χ1n) is 2.77. The van der Waals surface area contributed by atoms with Gasteiger partial charge in [0, 0.05) is 17.9 Å². The number of hydrogen-bond acceptors (Lipinski definition) is 1. The zero-order valence-electron chi connectivity index (χ0n) is 5.53. The molecule has 0 amide bonds. The Morgan fingerprint density at radius 1 is 1.40 bits per heavy atom. The summed E-state index contributed by atoms with van der Waals surface area (Å²) in [6, 6.07) is 0. The first kappa shape index (κ1) is 9.88. The van der Waals surface area contributed by atoms with Gasteiger partial charge in [-0.2, -0.15) is 20.5 Å². The molecule has 1 radical (unpaired) electrons. The van der Waals surface area contributed by atoms with Crippen molar-refractivity contribution < 1.29 is 13.2 Å². The van der Waals surface area contributed by atoms with Gasteiger partial charge in [0.25, 0.3) is 0 Å². The molecule has 4 heteroatoms. The van der Waals surface area contributed by atoms with Crippen LogP contribution in [-0.4, -0.2) is 5.75 Å². The second kappa shape index (κ2) is 5.65. The molecule has 0 aliphatic rings. The summed E-state index contributed by atoms with van der Waals surface area (Å²) >= 11 is 1.32. The van der Waals surface area contributed by atoms with Crippen molar-refractivity contribution in [2.24, 2.45) is 0 Å². The van der Waals surface area contributed by atoms with Crippen molar-refractivity contribution in [1.82, 2.24) is 0 Å². The summed E-state index contributed by atoms with van der Waals surface area (Å²) in [7, 11) is 0. The van der Waals surface area contributed by atoms with Gasteiger partial charge in [-0.1, -0.05) is 6.92 Å². The van der Waals surface area contributed by atoms with Gasteiger partial charge in [0.05, 0.1) is 0 Å². The minimum Gasteiger partial charge on any atom is -0.206 e. The van der Waals surface area contributed by atoms with Crippen LogP contribution in [0.1, 0.15) is 13.3 Å². The third-order valence-electron chi connectivity index (χ3n) is 0.811. The van der Waals surface area contributed by atoms with Gasteiger partial charge in [-0.05, 0) is 0 Å². The van der Waals surface area contributed by atoms with Crippen molar-refractivity contribution in [2.75, 3.05) is 5.75 Å². The highest BCUT2D eigenvalue weighted by Gasteiger charge is 2.03. The maximum atomic E-state index is 12.0. The molecule has 10 heavy (non-hydrogen) atoms. The van der Waals surface area contributed by atoms with E-state index >= 15 is 0 Å². The molecule has 0 spiro atoms. The highest BCUT2D eigenvalue weighted by molar-refractivity contribution is 8.01. The van der Waals surface area contributed by atoms with Gasteiger partial charge in [0.15, 0.2) is 5.83 Å². The summed E-state index contributed by atoms with van der Waals surface area (Å²) in [6.45, 7) is 1.78. The number of halogens is 3. The largest absolute Gasteiger partial charge is 0.301 e. The van der Waals surface area contributed by atoms with Gasteiger partial charge in [-0.15, -0.1) is 0 Å². The molecule has 0 N–H and O–H groups in total. The summed E-state index contributed by atoms with van der Waals surface area (Å²) in [5.74, 6) is 0.817. The third kappa shape index (κ3) is 4.73. The molecule has 0 saturated carbocycles. The molecule has 0 bridgehead atoms.